The van der Waals surface area contributed by atoms with Crippen LogP contribution in [0.3, 0.4) is 0 Å². The molecule has 1 atom stereocenters. The number of aromatic carboxylic acids is 1. The molecule has 2 aliphatic rings. The highest BCUT2D eigenvalue weighted by Gasteiger charge is 2.47. The van der Waals surface area contributed by atoms with Crippen molar-refractivity contribution in [3.05, 3.63) is 34.5 Å². The summed E-state index contributed by atoms with van der Waals surface area (Å²) in [7, 11) is 0. The lowest BCUT2D eigenvalue weighted by Crippen LogP contribution is -2.44. The third-order valence-corrected chi connectivity index (χ3v) is 7.52. The summed E-state index contributed by atoms with van der Waals surface area (Å²) >= 11 is 1.70. The van der Waals surface area contributed by atoms with Crippen LogP contribution in [0.5, 0.6) is 0 Å². The van der Waals surface area contributed by atoms with Gasteiger partial charge in [-0.05, 0) is 31.2 Å². The van der Waals surface area contributed by atoms with Crippen LogP contribution in [0.2, 0.25) is 0 Å². The minimum atomic E-state index is -0.946. The Morgan fingerprint density at radius 1 is 1.32 bits per heavy atom. The van der Waals surface area contributed by atoms with Crippen LogP contribution < -0.4 is 9.88 Å². The molecule has 0 spiro atoms. The largest absolute Gasteiger partial charge is 0.478 e. The predicted octanol–water partition coefficient (Wildman–Crippen LogP) is 3.52. The maximum absolute atomic E-state index is 11.2. The highest BCUT2D eigenvalue weighted by molar-refractivity contribution is 7.16. The molecule has 2 aliphatic carbocycles. The summed E-state index contributed by atoms with van der Waals surface area (Å²) in [6.07, 6.45) is 4.25. The molecule has 1 fully saturated rings. The number of carbonyl (C=O) groups is 1. The Morgan fingerprint density at radius 2 is 2.04 bits per heavy atom. The van der Waals surface area contributed by atoms with Crippen molar-refractivity contribution in [2.24, 2.45) is 5.92 Å². The van der Waals surface area contributed by atoms with Gasteiger partial charge in [0.25, 0.3) is 10.9 Å². The van der Waals surface area contributed by atoms with E-state index in [1.54, 1.807) is 17.4 Å². The minimum Gasteiger partial charge on any atom is -0.478 e. The van der Waals surface area contributed by atoms with Crippen LogP contribution in [-0.4, -0.2) is 33.8 Å². The molecule has 0 aliphatic heterocycles. The van der Waals surface area contributed by atoms with Crippen LogP contribution >= 0.6 is 11.3 Å². The van der Waals surface area contributed by atoms with E-state index in [2.05, 4.69) is 37.6 Å². The van der Waals surface area contributed by atoms with Crippen molar-refractivity contribution < 1.29 is 20.0 Å². The van der Waals surface area contributed by atoms with Gasteiger partial charge in [-0.3, -0.25) is 0 Å². The number of carboxylic acids is 1. The minimum absolute atomic E-state index is 0.123. The van der Waals surface area contributed by atoms with E-state index in [-0.39, 0.29) is 16.4 Å². The maximum atomic E-state index is 11.2. The number of H-pyrrole nitrogens is 1. The second-order valence-corrected chi connectivity index (χ2v) is 10.3. The van der Waals surface area contributed by atoms with Crippen LogP contribution in [0, 0.1) is 5.92 Å². The molecule has 2 aromatic rings. The SMILES string of the molecule is CC1(C)CC(O)C(C)(C)c2nc(N(CC3CC3)c3ccc(C(=O)O)c[nH+]3)sc21. The number of aliphatic hydroxyl groups is 1. The van der Waals surface area contributed by atoms with Gasteiger partial charge in [-0.25, -0.2) is 19.7 Å². The average Bonchev–Trinajstić information content (AvgIpc) is 3.32. The lowest BCUT2D eigenvalue weighted by molar-refractivity contribution is -0.363. The zero-order chi connectivity index (χ0) is 20.3. The Labute approximate surface area is 169 Å². The fraction of sp³-hybridized carbons (Fsp3) is 0.571. The summed E-state index contributed by atoms with van der Waals surface area (Å²) in [6, 6.07) is 3.44. The number of nitrogens with one attached hydrogen (secondary N) is 1. The van der Waals surface area contributed by atoms with E-state index in [0.29, 0.717) is 5.92 Å². The molecular weight excluding hydrogens is 374 g/mol. The molecule has 4 rings (SSSR count). The van der Waals surface area contributed by atoms with Gasteiger partial charge in [-0.2, -0.15) is 0 Å². The van der Waals surface area contributed by atoms with Gasteiger partial charge in [0.1, 0.15) is 6.20 Å². The summed E-state index contributed by atoms with van der Waals surface area (Å²) in [4.78, 5) is 22.7. The molecule has 28 heavy (non-hydrogen) atoms. The molecule has 0 aromatic carbocycles. The molecule has 2 heterocycles. The first-order valence-electron chi connectivity index (χ1n) is 9.82. The van der Waals surface area contributed by atoms with E-state index < -0.39 is 12.1 Å². The maximum Gasteiger partial charge on any atom is 0.339 e. The van der Waals surface area contributed by atoms with Gasteiger partial charge in [0.2, 0.25) is 0 Å². The molecule has 0 radical (unpaired) electrons. The van der Waals surface area contributed by atoms with Gasteiger partial charge in [-0.1, -0.05) is 39.0 Å². The summed E-state index contributed by atoms with van der Waals surface area (Å²) in [5.41, 5.74) is 0.711. The molecule has 0 saturated heterocycles. The number of aromatic nitrogens is 2. The standard InChI is InChI=1S/C21H27N3O3S/c1-20(2)9-14(25)21(3,4)16-17(20)28-19(23-16)24(11-12-5-6-12)15-8-7-13(10-22-15)18(26)27/h7-8,10,12,14,25H,5-6,9,11H2,1-4H3,(H,26,27)/p+1. The number of pyridine rings is 1. The number of fused-ring (bicyclic) bond motifs is 1. The zero-order valence-corrected chi connectivity index (χ0v) is 17.6. The number of aliphatic hydroxyl groups excluding tert-OH is 1. The fourth-order valence-corrected chi connectivity index (χ4v) is 5.23. The van der Waals surface area contributed by atoms with Crippen molar-refractivity contribution in [2.75, 3.05) is 11.4 Å². The molecule has 1 saturated carbocycles. The number of nitrogens with zero attached hydrogens (tertiary/aromatic N) is 2. The number of hydrogen-bond acceptors (Lipinski definition) is 5. The Morgan fingerprint density at radius 3 is 2.61 bits per heavy atom. The second-order valence-electron chi connectivity index (χ2n) is 9.32. The summed E-state index contributed by atoms with van der Waals surface area (Å²) in [5, 5.41) is 20.8. The molecule has 7 heteroatoms. The number of thiazole rings is 1. The Balaban J connectivity index is 1.77. The van der Waals surface area contributed by atoms with Gasteiger partial charge in [-0.15, -0.1) is 0 Å². The van der Waals surface area contributed by atoms with Crippen molar-refractivity contribution in [3.8, 4) is 0 Å². The Hall–Kier alpha value is -1.99. The van der Waals surface area contributed by atoms with Crippen molar-refractivity contribution in [1.29, 1.82) is 0 Å². The molecule has 0 amide bonds. The summed E-state index contributed by atoms with van der Waals surface area (Å²) in [5.74, 6) is 0.540. The molecular formula is C21H28N3O3S+. The van der Waals surface area contributed by atoms with Gasteiger partial charge in [0.15, 0.2) is 0 Å². The number of hydrogen-bond donors (Lipinski definition) is 2. The van der Waals surface area contributed by atoms with Crippen LogP contribution in [0.25, 0.3) is 0 Å². The van der Waals surface area contributed by atoms with E-state index >= 15 is 0 Å². The van der Waals surface area contributed by atoms with E-state index in [1.807, 2.05) is 6.07 Å². The van der Waals surface area contributed by atoms with Crippen molar-refractivity contribution in [3.63, 3.8) is 0 Å². The second kappa shape index (κ2) is 6.52. The first kappa shape index (κ1) is 19.3. The molecule has 0 bridgehead atoms. The van der Waals surface area contributed by atoms with E-state index in [1.165, 1.54) is 23.9 Å². The number of rotatable bonds is 5. The zero-order valence-electron chi connectivity index (χ0n) is 16.8. The third kappa shape index (κ3) is 3.31. The summed E-state index contributed by atoms with van der Waals surface area (Å²) in [6.45, 7) is 9.33. The predicted molar refractivity (Wildman–Crippen MR) is 108 cm³/mol. The number of anilines is 2. The number of aromatic amines is 1. The van der Waals surface area contributed by atoms with Crippen LogP contribution in [-0.2, 0) is 10.8 Å². The van der Waals surface area contributed by atoms with Gasteiger partial charge in [0.05, 0.1) is 23.9 Å². The molecule has 3 N–H and O–H groups in total. The van der Waals surface area contributed by atoms with E-state index in [9.17, 15) is 9.90 Å². The van der Waals surface area contributed by atoms with E-state index in [4.69, 9.17) is 10.1 Å². The van der Waals surface area contributed by atoms with Crippen LogP contribution in [0.15, 0.2) is 18.3 Å². The Kier molecular flexibility index (Phi) is 4.50. The molecule has 150 valence electrons. The first-order chi connectivity index (χ1) is 13.1. The van der Waals surface area contributed by atoms with E-state index in [0.717, 1.165) is 29.6 Å². The van der Waals surface area contributed by atoms with Gasteiger partial charge >= 0.3 is 5.97 Å². The molecule has 1 unspecified atom stereocenters. The van der Waals surface area contributed by atoms with Crippen molar-refractivity contribution >= 4 is 28.3 Å². The molecule has 6 nitrogen and oxygen atoms in total. The lowest BCUT2D eigenvalue weighted by Gasteiger charge is -2.41. The average molecular weight is 403 g/mol. The van der Waals surface area contributed by atoms with Gasteiger partial charge in [0, 0.05) is 21.8 Å². The fourth-order valence-electron chi connectivity index (χ4n) is 3.86. The quantitative estimate of drug-likeness (QED) is 0.799. The highest BCUT2D eigenvalue weighted by Crippen LogP contribution is 2.50. The van der Waals surface area contributed by atoms with Gasteiger partial charge < -0.3 is 10.2 Å². The van der Waals surface area contributed by atoms with Crippen molar-refractivity contribution in [1.82, 2.24) is 4.98 Å². The molecule has 2 aromatic heterocycles. The summed E-state index contributed by atoms with van der Waals surface area (Å²) < 4.78 is 0. The van der Waals surface area contributed by atoms with Crippen LogP contribution in [0.4, 0.5) is 10.9 Å². The third-order valence-electron chi connectivity index (χ3n) is 6.08. The topological polar surface area (TPSA) is 87.8 Å². The first-order valence-corrected chi connectivity index (χ1v) is 10.6. The lowest BCUT2D eigenvalue weighted by atomic mass is 9.67. The number of carboxylic acid groups (broad SMARTS) is 1. The smallest absolute Gasteiger partial charge is 0.339 e. The van der Waals surface area contributed by atoms with Crippen molar-refractivity contribution in [2.45, 2.75) is 63.9 Å². The highest BCUT2D eigenvalue weighted by atomic mass is 32.1. The Bertz CT molecular complexity index is 900. The monoisotopic (exact) mass is 402 g/mol. The van der Waals surface area contributed by atoms with Crippen LogP contribution in [0.1, 0.15) is 67.9 Å². The normalized spacial score (nSPS) is 22.5.